The van der Waals surface area contributed by atoms with Crippen molar-refractivity contribution in [3.8, 4) is 17.2 Å². The molecular formula is C23H30N2O3. The van der Waals surface area contributed by atoms with E-state index in [1.54, 1.807) is 7.11 Å². The number of nitrogens with one attached hydrogen (secondary N) is 1. The standard InChI is InChI=1S/C23H30N2O3/c1-26-20-8-6-19(7-9-20)21(25-11-3-2-4-12-25)17-24-16-18-5-10-22-23(15-18)28-14-13-27-22/h5-10,15,21,24H,2-4,11-14,16-17H2,1H3. The molecular weight excluding hydrogens is 352 g/mol. The number of rotatable bonds is 7. The van der Waals surface area contributed by atoms with Gasteiger partial charge in [0, 0.05) is 19.1 Å². The molecule has 4 rings (SSSR count). The maximum atomic E-state index is 5.70. The first-order valence-corrected chi connectivity index (χ1v) is 10.3. The quantitative estimate of drug-likeness (QED) is 0.789. The number of ether oxygens (including phenoxy) is 3. The Morgan fingerprint density at radius 1 is 0.964 bits per heavy atom. The molecule has 5 heteroatoms. The van der Waals surface area contributed by atoms with E-state index in [1.165, 1.54) is 43.5 Å². The van der Waals surface area contributed by atoms with E-state index in [-0.39, 0.29) is 0 Å². The van der Waals surface area contributed by atoms with Gasteiger partial charge in [-0.1, -0.05) is 24.6 Å². The van der Waals surface area contributed by atoms with Crippen LogP contribution >= 0.6 is 0 Å². The Morgan fingerprint density at radius 2 is 1.71 bits per heavy atom. The summed E-state index contributed by atoms with van der Waals surface area (Å²) in [5.41, 5.74) is 2.56. The third-order valence-corrected chi connectivity index (χ3v) is 5.61. The molecule has 0 radical (unpaired) electrons. The molecule has 1 saturated heterocycles. The van der Waals surface area contributed by atoms with Gasteiger partial charge < -0.3 is 19.5 Å². The fourth-order valence-electron chi connectivity index (χ4n) is 4.06. The van der Waals surface area contributed by atoms with Crippen LogP contribution in [0.2, 0.25) is 0 Å². The number of benzene rings is 2. The number of fused-ring (bicyclic) bond motifs is 1. The van der Waals surface area contributed by atoms with E-state index < -0.39 is 0 Å². The predicted octanol–water partition coefficient (Wildman–Crippen LogP) is 3.78. The van der Waals surface area contributed by atoms with Crippen molar-refractivity contribution in [2.45, 2.75) is 31.8 Å². The van der Waals surface area contributed by atoms with Crippen LogP contribution < -0.4 is 19.5 Å². The number of likely N-dealkylation sites (tertiary alicyclic amines) is 1. The van der Waals surface area contributed by atoms with Crippen molar-refractivity contribution in [3.05, 3.63) is 53.6 Å². The summed E-state index contributed by atoms with van der Waals surface area (Å²) in [5.74, 6) is 2.61. The molecule has 0 saturated carbocycles. The van der Waals surface area contributed by atoms with Gasteiger partial charge in [-0.3, -0.25) is 4.90 Å². The van der Waals surface area contributed by atoms with E-state index in [1.807, 2.05) is 6.07 Å². The second-order valence-corrected chi connectivity index (χ2v) is 7.49. The molecule has 2 heterocycles. The lowest BCUT2D eigenvalue weighted by Gasteiger charge is -2.35. The van der Waals surface area contributed by atoms with Crippen molar-refractivity contribution in [2.24, 2.45) is 0 Å². The molecule has 28 heavy (non-hydrogen) atoms. The summed E-state index contributed by atoms with van der Waals surface area (Å²) < 4.78 is 16.6. The second kappa shape index (κ2) is 9.30. The van der Waals surface area contributed by atoms with E-state index in [0.29, 0.717) is 19.3 Å². The smallest absolute Gasteiger partial charge is 0.161 e. The van der Waals surface area contributed by atoms with E-state index in [9.17, 15) is 0 Å². The van der Waals surface area contributed by atoms with Crippen LogP contribution in [0.5, 0.6) is 17.2 Å². The summed E-state index contributed by atoms with van der Waals surface area (Å²) >= 11 is 0. The van der Waals surface area contributed by atoms with Crippen LogP contribution in [0, 0.1) is 0 Å². The van der Waals surface area contributed by atoms with Gasteiger partial charge in [0.15, 0.2) is 11.5 Å². The first kappa shape index (κ1) is 19.1. The third-order valence-electron chi connectivity index (χ3n) is 5.61. The maximum Gasteiger partial charge on any atom is 0.161 e. The number of hydrogen-bond acceptors (Lipinski definition) is 5. The number of piperidine rings is 1. The molecule has 0 bridgehead atoms. The minimum Gasteiger partial charge on any atom is -0.497 e. The lowest BCUT2D eigenvalue weighted by Crippen LogP contribution is -2.39. The number of methoxy groups -OCH3 is 1. The Morgan fingerprint density at radius 3 is 2.46 bits per heavy atom. The lowest BCUT2D eigenvalue weighted by atomic mass is 10.0. The summed E-state index contributed by atoms with van der Waals surface area (Å²) in [6.07, 6.45) is 3.92. The Kier molecular flexibility index (Phi) is 6.34. The van der Waals surface area contributed by atoms with Gasteiger partial charge in [-0.25, -0.2) is 0 Å². The zero-order chi connectivity index (χ0) is 19.2. The van der Waals surface area contributed by atoms with Crippen molar-refractivity contribution in [3.63, 3.8) is 0 Å². The van der Waals surface area contributed by atoms with E-state index in [4.69, 9.17) is 14.2 Å². The fraction of sp³-hybridized carbons (Fsp3) is 0.478. The summed E-state index contributed by atoms with van der Waals surface area (Å²) in [5, 5.41) is 3.66. The molecule has 2 aliphatic rings. The van der Waals surface area contributed by atoms with Gasteiger partial charge >= 0.3 is 0 Å². The minimum atomic E-state index is 0.378. The average Bonchev–Trinajstić information content (AvgIpc) is 2.77. The summed E-state index contributed by atoms with van der Waals surface area (Å²) in [7, 11) is 1.71. The molecule has 2 aromatic carbocycles. The van der Waals surface area contributed by atoms with Gasteiger partial charge in [-0.15, -0.1) is 0 Å². The van der Waals surface area contributed by atoms with E-state index in [2.05, 4.69) is 46.6 Å². The monoisotopic (exact) mass is 382 g/mol. The molecule has 1 N–H and O–H groups in total. The molecule has 2 aromatic rings. The van der Waals surface area contributed by atoms with Crippen LogP contribution in [-0.2, 0) is 6.54 Å². The first-order chi connectivity index (χ1) is 13.8. The summed E-state index contributed by atoms with van der Waals surface area (Å²) in [6.45, 7) is 5.32. The molecule has 2 aliphatic heterocycles. The van der Waals surface area contributed by atoms with Gasteiger partial charge in [0.1, 0.15) is 19.0 Å². The summed E-state index contributed by atoms with van der Waals surface area (Å²) in [4.78, 5) is 2.61. The van der Waals surface area contributed by atoms with Crippen molar-refractivity contribution in [1.82, 2.24) is 10.2 Å². The highest BCUT2D eigenvalue weighted by atomic mass is 16.6. The molecule has 150 valence electrons. The number of hydrogen-bond donors (Lipinski definition) is 1. The Balaban J connectivity index is 1.41. The largest absolute Gasteiger partial charge is 0.497 e. The maximum absolute atomic E-state index is 5.70. The molecule has 0 aliphatic carbocycles. The molecule has 0 amide bonds. The van der Waals surface area contributed by atoms with Crippen LogP contribution in [-0.4, -0.2) is 44.9 Å². The van der Waals surface area contributed by atoms with Crippen LogP contribution in [0.15, 0.2) is 42.5 Å². The van der Waals surface area contributed by atoms with Crippen molar-refractivity contribution in [2.75, 3.05) is 40.0 Å². The predicted molar refractivity (Wildman–Crippen MR) is 110 cm³/mol. The van der Waals surface area contributed by atoms with Gasteiger partial charge in [-0.05, 0) is 61.3 Å². The molecule has 1 fully saturated rings. The third kappa shape index (κ3) is 4.59. The molecule has 5 nitrogen and oxygen atoms in total. The van der Waals surface area contributed by atoms with Crippen molar-refractivity contribution in [1.29, 1.82) is 0 Å². The molecule has 0 aromatic heterocycles. The normalized spacial score (nSPS) is 17.9. The Bertz CT molecular complexity index is 757. The highest BCUT2D eigenvalue weighted by molar-refractivity contribution is 5.43. The van der Waals surface area contributed by atoms with Crippen molar-refractivity contribution >= 4 is 0 Å². The van der Waals surface area contributed by atoms with Crippen molar-refractivity contribution < 1.29 is 14.2 Å². The molecule has 0 spiro atoms. The van der Waals surface area contributed by atoms with Gasteiger partial charge in [0.05, 0.1) is 7.11 Å². The van der Waals surface area contributed by atoms with E-state index in [0.717, 1.165) is 30.3 Å². The second-order valence-electron chi connectivity index (χ2n) is 7.49. The van der Waals surface area contributed by atoms with Crippen LogP contribution in [0.25, 0.3) is 0 Å². The Labute approximate surface area is 167 Å². The van der Waals surface area contributed by atoms with Gasteiger partial charge in [0.25, 0.3) is 0 Å². The zero-order valence-electron chi connectivity index (χ0n) is 16.7. The first-order valence-electron chi connectivity index (χ1n) is 10.3. The summed E-state index contributed by atoms with van der Waals surface area (Å²) in [6, 6.07) is 15.1. The van der Waals surface area contributed by atoms with Gasteiger partial charge in [-0.2, -0.15) is 0 Å². The zero-order valence-corrected chi connectivity index (χ0v) is 16.7. The van der Waals surface area contributed by atoms with Crippen LogP contribution in [0.3, 0.4) is 0 Å². The van der Waals surface area contributed by atoms with Crippen LogP contribution in [0.4, 0.5) is 0 Å². The van der Waals surface area contributed by atoms with Crippen LogP contribution in [0.1, 0.15) is 36.4 Å². The SMILES string of the molecule is COc1ccc(C(CNCc2ccc3c(c2)OCCO3)N2CCCCC2)cc1. The molecule has 1 atom stereocenters. The Hall–Kier alpha value is -2.24. The highest BCUT2D eigenvalue weighted by Gasteiger charge is 2.22. The molecule has 1 unspecified atom stereocenters. The topological polar surface area (TPSA) is 43.0 Å². The highest BCUT2D eigenvalue weighted by Crippen LogP contribution is 2.31. The lowest BCUT2D eigenvalue weighted by molar-refractivity contribution is 0.160. The van der Waals surface area contributed by atoms with E-state index >= 15 is 0 Å². The fourth-order valence-corrected chi connectivity index (χ4v) is 4.06. The average molecular weight is 383 g/mol. The van der Waals surface area contributed by atoms with Gasteiger partial charge in [0.2, 0.25) is 0 Å². The minimum absolute atomic E-state index is 0.378. The number of nitrogens with zero attached hydrogens (tertiary/aromatic N) is 1.